The van der Waals surface area contributed by atoms with E-state index in [0.29, 0.717) is 13.0 Å². The molecule has 1 aromatic carbocycles. The highest BCUT2D eigenvalue weighted by Gasteiger charge is 2.34. The number of rotatable bonds is 5. The molecule has 6 rings (SSSR count). The number of nitrogens with one attached hydrogen (secondary N) is 2. The molecule has 0 saturated carbocycles. The van der Waals surface area contributed by atoms with Crippen molar-refractivity contribution in [3.63, 3.8) is 0 Å². The second-order valence-corrected chi connectivity index (χ2v) is 11.7. The molecule has 188 valence electrons. The fourth-order valence-corrected chi connectivity index (χ4v) is 7.48. The van der Waals surface area contributed by atoms with Crippen LogP contribution in [0.3, 0.4) is 0 Å². The van der Waals surface area contributed by atoms with Crippen LogP contribution in [0.5, 0.6) is 0 Å². The topological polar surface area (TPSA) is 114 Å². The van der Waals surface area contributed by atoms with Crippen LogP contribution in [0.2, 0.25) is 0 Å². The lowest BCUT2D eigenvalue weighted by molar-refractivity contribution is -0.138. The van der Waals surface area contributed by atoms with Crippen molar-refractivity contribution < 1.29 is 9.90 Å². The Morgan fingerprint density at radius 1 is 1.28 bits per heavy atom. The summed E-state index contributed by atoms with van der Waals surface area (Å²) in [6.07, 6.45) is 4.63. The van der Waals surface area contributed by atoms with Gasteiger partial charge in [0.25, 0.3) is 0 Å². The summed E-state index contributed by atoms with van der Waals surface area (Å²) in [5.74, 6) is 0.972. The number of anilines is 2. The fourth-order valence-electron chi connectivity index (χ4n) is 5.44. The number of H-pyrrole nitrogens is 1. The molecule has 2 aliphatic rings. The first kappa shape index (κ1) is 23.5. The molecule has 1 fully saturated rings. The molecule has 36 heavy (non-hydrogen) atoms. The van der Waals surface area contributed by atoms with E-state index < -0.39 is 0 Å². The monoisotopic (exact) mass is 524 g/mol. The van der Waals surface area contributed by atoms with Crippen LogP contribution in [0, 0.1) is 5.92 Å². The molecular formula is C25H28N6O3S2. The predicted octanol–water partition coefficient (Wildman–Crippen LogP) is 2.97. The van der Waals surface area contributed by atoms with Gasteiger partial charge in [0.2, 0.25) is 5.91 Å². The van der Waals surface area contributed by atoms with Crippen LogP contribution in [-0.4, -0.2) is 75.1 Å². The Morgan fingerprint density at radius 3 is 3.03 bits per heavy atom. The minimum atomic E-state index is -0.0666. The largest absolute Gasteiger partial charge is 0.396 e. The van der Waals surface area contributed by atoms with Gasteiger partial charge in [-0.1, -0.05) is 11.3 Å². The lowest BCUT2D eigenvalue weighted by Gasteiger charge is -2.41. The average molecular weight is 525 g/mol. The zero-order chi connectivity index (χ0) is 24.8. The number of piperazine rings is 1. The number of nitrogens with zero attached hydrogens (tertiary/aromatic N) is 4. The number of aliphatic hydroxyl groups is 1. The Bertz CT molecular complexity index is 1490. The first-order valence-corrected chi connectivity index (χ1v) is 13.9. The first-order chi connectivity index (χ1) is 17.5. The van der Waals surface area contributed by atoms with Crippen LogP contribution in [0.15, 0.2) is 29.3 Å². The van der Waals surface area contributed by atoms with Crippen molar-refractivity contribution in [2.24, 2.45) is 5.92 Å². The predicted molar refractivity (Wildman–Crippen MR) is 143 cm³/mol. The number of hydrogen-bond donors (Lipinski definition) is 3. The average Bonchev–Trinajstić information content (AvgIpc) is 3.44. The van der Waals surface area contributed by atoms with Crippen LogP contribution < -0.4 is 10.2 Å². The van der Waals surface area contributed by atoms with E-state index >= 15 is 0 Å². The SMILES string of the molecule is CN1CCN(C(=O)C2CCc3c(sc4ncnc(Nc5ccc6[nH]c(=O)sc6c5)c34)C2)CC1CCO. The van der Waals surface area contributed by atoms with Crippen molar-refractivity contribution in [2.75, 3.05) is 38.6 Å². The second kappa shape index (κ2) is 9.55. The first-order valence-electron chi connectivity index (χ1n) is 12.2. The maximum absolute atomic E-state index is 13.4. The molecule has 11 heteroatoms. The highest BCUT2D eigenvalue weighted by Crippen LogP contribution is 2.41. The molecule has 0 radical (unpaired) electrons. The summed E-state index contributed by atoms with van der Waals surface area (Å²) in [5, 5.41) is 13.9. The zero-order valence-corrected chi connectivity index (χ0v) is 21.6. The maximum atomic E-state index is 13.4. The Morgan fingerprint density at radius 2 is 2.17 bits per heavy atom. The summed E-state index contributed by atoms with van der Waals surface area (Å²) >= 11 is 2.85. The molecule has 4 aromatic rings. The van der Waals surface area contributed by atoms with E-state index in [0.717, 1.165) is 64.3 Å². The van der Waals surface area contributed by atoms with Gasteiger partial charge in [-0.05, 0) is 56.5 Å². The van der Waals surface area contributed by atoms with E-state index in [4.69, 9.17) is 0 Å². The number of fused-ring (bicyclic) bond motifs is 4. The van der Waals surface area contributed by atoms with Crippen LogP contribution >= 0.6 is 22.7 Å². The van der Waals surface area contributed by atoms with Gasteiger partial charge in [-0.2, -0.15) is 0 Å². The summed E-state index contributed by atoms with van der Waals surface area (Å²) in [7, 11) is 2.07. The molecule has 1 amide bonds. The molecule has 0 spiro atoms. The normalized spacial score (nSPS) is 20.7. The van der Waals surface area contributed by atoms with E-state index in [1.165, 1.54) is 21.8 Å². The lowest BCUT2D eigenvalue weighted by Crippen LogP contribution is -2.55. The standard InChI is InChI=1S/C25H28N6O3S2/c1-30-7-8-31(12-16(30)6-9-32)24(33)14-2-4-17-19(10-14)35-23-21(17)22(26-13-27-23)28-15-3-5-18-20(11-15)36-25(34)29-18/h3,5,11,13-14,16,32H,2,4,6-10,12H2,1H3,(H,29,34)(H,26,27,28). The van der Waals surface area contributed by atoms with E-state index in [1.807, 2.05) is 23.1 Å². The molecule has 1 aliphatic carbocycles. The number of thiazole rings is 1. The lowest BCUT2D eigenvalue weighted by atomic mass is 9.86. The molecule has 1 aliphatic heterocycles. The second-order valence-electron chi connectivity index (χ2n) is 9.63. The number of amides is 1. The van der Waals surface area contributed by atoms with Crippen LogP contribution in [0.4, 0.5) is 11.5 Å². The molecule has 4 heterocycles. The van der Waals surface area contributed by atoms with Gasteiger partial charge in [0.1, 0.15) is 17.0 Å². The number of aromatic amines is 1. The molecule has 9 nitrogen and oxygen atoms in total. The van der Waals surface area contributed by atoms with Crippen molar-refractivity contribution in [3.8, 4) is 0 Å². The van der Waals surface area contributed by atoms with Gasteiger partial charge >= 0.3 is 4.87 Å². The smallest absolute Gasteiger partial charge is 0.305 e. The molecule has 2 atom stereocenters. The highest BCUT2D eigenvalue weighted by molar-refractivity contribution is 7.19. The number of carbonyl (C=O) groups is 1. The zero-order valence-electron chi connectivity index (χ0n) is 20.0. The van der Waals surface area contributed by atoms with Crippen molar-refractivity contribution in [2.45, 2.75) is 31.7 Å². The number of carbonyl (C=O) groups excluding carboxylic acids is 1. The highest BCUT2D eigenvalue weighted by atomic mass is 32.1. The van der Waals surface area contributed by atoms with Crippen molar-refractivity contribution >= 4 is 60.5 Å². The molecular weight excluding hydrogens is 496 g/mol. The van der Waals surface area contributed by atoms with Gasteiger partial charge < -0.3 is 20.3 Å². The number of thiophene rings is 1. The van der Waals surface area contributed by atoms with E-state index in [-0.39, 0.29) is 29.3 Å². The van der Waals surface area contributed by atoms with E-state index in [1.54, 1.807) is 17.7 Å². The summed E-state index contributed by atoms with van der Waals surface area (Å²) < 4.78 is 0.897. The minimum Gasteiger partial charge on any atom is -0.396 e. The third-order valence-electron chi connectivity index (χ3n) is 7.43. The Balaban J connectivity index is 1.24. The van der Waals surface area contributed by atoms with Gasteiger partial charge in [-0.15, -0.1) is 11.3 Å². The molecule has 0 bridgehead atoms. The Kier molecular flexibility index (Phi) is 6.24. The summed E-state index contributed by atoms with van der Waals surface area (Å²) in [5.41, 5.74) is 2.94. The van der Waals surface area contributed by atoms with Crippen LogP contribution in [0.25, 0.3) is 20.4 Å². The number of likely N-dealkylation sites (N-methyl/N-ethyl adjacent to an activating group) is 1. The van der Waals surface area contributed by atoms with Gasteiger partial charge in [0.05, 0.1) is 15.6 Å². The summed E-state index contributed by atoms with van der Waals surface area (Å²) in [4.78, 5) is 43.4. The number of aliphatic hydroxyl groups excluding tert-OH is 1. The Labute approximate surface area is 215 Å². The maximum Gasteiger partial charge on any atom is 0.305 e. The molecule has 3 aromatic heterocycles. The van der Waals surface area contributed by atoms with Gasteiger partial charge in [0.15, 0.2) is 0 Å². The van der Waals surface area contributed by atoms with Gasteiger partial charge in [-0.3, -0.25) is 14.5 Å². The Hall–Kier alpha value is -2.86. The number of benzene rings is 1. The number of aryl methyl sites for hydroxylation is 1. The van der Waals surface area contributed by atoms with E-state index in [2.05, 4.69) is 32.2 Å². The van der Waals surface area contributed by atoms with Gasteiger partial charge in [-0.25, -0.2) is 9.97 Å². The molecule has 3 N–H and O–H groups in total. The number of aromatic nitrogens is 3. The van der Waals surface area contributed by atoms with Crippen molar-refractivity contribution in [1.29, 1.82) is 0 Å². The van der Waals surface area contributed by atoms with Crippen molar-refractivity contribution in [3.05, 3.63) is 44.6 Å². The van der Waals surface area contributed by atoms with Crippen LogP contribution in [0.1, 0.15) is 23.3 Å². The molecule has 2 unspecified atom stereocenters. The minimum absolute atomic E-state index is 0.0214. The number of hydrogen-bond acceptors (Lipinski definition) is 9. The summed E-state index contributed by atoms with van der Waals surface area (Å²) in [6.45, 7) is 2.41. The van der Waals surface area contributed by atoms with E-state index in [9.17, 15) is 14.7 Å². The van der Waals surface area contributed by atoms with Crippen molar-refractivity contribution in [1.82, 2.24) is 24.8 Å². The third-order valence-corrected chi connectivity index (χ3v) is 9.44. The van der Waals surface area contributed by atoms with Crippen LogP contribution in [-0.2, 0) is 17.6 Å². The quantitative estimate of drug-likeness (QED) is 0.368. The van der Waals surface area contributed by atoms with Gasteiger partial charge in [0, 0.05) is 48.8 Å². The summed E-state index contributed by atoms with van der Waals surface area (Å²) in [6, 6.07) is 6.01. The molecule has 1 saturated heterocycles. The third kappa shape index (κ3) is 4.30. The fraction of sp³-hybridized carbons (Fsp3) is 0.440.